The Kier molecular flexibility index (Phi) is 4.47. The SMILES string of the molecule is O=C(Cn1nnc2sc(-c3ccccc3)cc2c1=O)Nc1ccccc1F. The number of carbonyl (C=O) groups excluding carboxylic acids is 1. The van der Waals surface area contributed by atoms with E-state index in [9.17, 15) is 14.0 Å². The fourth-order valence-corrected chi connectivity index (χ4v) is 3.59. The van der Waals surface area contributed by atoms with Crippen LogP contribution in [-0.2, 0) is 11.3 Å². The molecule has 0 fully saturated rings. The van der Waals surface area contributed by atoms with Gasteiger partial charge in [0.05, 0.1) is 11.1 Å². The third-order valence-corrected chi connectivity index (χ3v) is 4.99. The van der Waals surface area contributed by atoms with Crippen LogP contribution in [0.25, 0.3) is 20.7 Å². The van der Waals surface area contributed by atoms with Crippen molar-refractivity contribution in [2.45, 2.75) is 6.54 Å². The molecule has 27 heavy (non-hydrogen) atoms. The van der Waals surface area contributed by atoms with Crippen molar-refractivity contribution in [2.75, 3.05) is 5.32 Å². The van der Waals surface area contributed by atoms with Crippen LogP contribution in [0, 0.1) is 5.82 Å². The zero-order valence-electron chi connectivity index (χ0n) is 13.9. The van der Waals surface area contributed by atoms with Gasteiger partial charge in [-0.15, -0.1) is 16.4 Å². The molecule has 4 aromatic rings. The first-order chi connectivity index (χ1) is 13.1. The second kappa shape index (κ2) is 7.08. The maximum Gasteiger partial charge on any atom is 0.279 e. The van der Waals surface area contributed by atoms with Gasteiger partial charge in [0.25, 0.3) is 5.56 Å². The number of hydrogen-bond acceptors (Lipinski definition) is 5. The van der Waals surface area contributed by atoms with Crippen LogP contribution in [0.3, 0.4) is 0 Å². The predicted molar refractivity (Wildman–Crippen MR) is 102 cm³/mol. The van der Waals surface area contributed by atoms with Crippen molar-refractivity contribution >= 4 is 33.1 Å². The highest BCUT2D eigenvalue weighted by Crippen LogP contribution is 2.30. The molecule has 0 radical (unpaired) electrons. The Morgan fingerprint density at radius 3 is 2.63 bits per heavy atom. The van der Waals surface area contributed by atoms with E-state index in [1.54, 1.807) is 12.1 Å². The molecular formula is C19H13FN4O2S. The first-order valence-electron chi connectivity index (χ1n) is 8.09. The van der Waals surface area contributed by atoms with Crippen LogP contribution >= 0.6 is 11.3 Å². The lowest BCUT2D eigenvalue weighted by molar-refractivity contribution is -0.117. The minimum absolute atomic E-state index is 0.0477. The molecule has 2 aromatic carbocycles. The molecular weight excluding hydrogens is 367 g/mol. The van der Waals surface area contributed by atoms with Crippen molar-refractivity contribution in [1.29, 1.82) is 0 Å². The zero-order valence-corrected chi connectivity index (χ0v) is 14.7. The lowest BCUT2D eigenvalue weighted by Gasteiger charge is -2.06. The summed E-state index contributed by atoms with van der Waals surface area (Å²) in [6.45, 7) is -0.355. The van der Waals surface area contributed by atoms with Crippen molar-refractivity contribution in [3.05, 3.63) is 76.8 Å². The summed E-state index contributed by atoms with van der Waals surface area (Å²) in [6, 6.07) is 17.2. The molecule has 0 aliphatic carbocycles. The molecule has 0 unspecified atom stereocenters. The molecule has 0 bridgehead atoms. The Morgan fingerprint density at radius 2 is 1.85 bits per heavy atom. The van der Waals surface area contributed by atoms with Gasteiger partial charge >= 0.3 is 0 Å². The summed E-state index contributed by atoms with van der Waals surface area (Å²) < 4.78 is 14.6. The smallest absolute Gasteiger partial charge is 0.279 e. The third kappa shape index (κ3) is 3.47. The van der Waals surface area contributed by atoms with E-state index in [0.29, 0.717) is 10.2 Å². The van der Waals surface area contributed by atoms with Crippen molar-refractivity contribution in [3.63, 3.8) is 0 Å². The van der Waals surface area contributed by atoms with Crippen LogP contribution in [0.2, 0.25) is 0 Å². The molecule has 2 heterocycles. The standard InChI is InChI=1S/C19H13FN4O2S/c20-14-8-4-5-9-15(14)21-17(25)11-24-19(26)13-10-16(27-18(13)22-23-24)12-6-2-1-3-7-12/h1-10H,11H2,(H,21,25). The first-order valence-corrected chi connectivity index (χ1v) is 8.90. The van der Waals surface area contributed by atoms with Gasteiger partial charge in [-0.05, 0) is 23.8 Å². The van der Waals surface area contributed by atoms with E-state index in [0.717, 1.165) is 15.1 Å². The molecule has 1 N–H and O–H groups in total. The van der Waals surface area contributed by atoms with Crippen LogP contribution < -0.4 is 10.9 Å². The Labute approximate surface area is 156 Å². The second-order valence-electron chi connectivity index (χ2n) is 5.78. The largest absolute Gasteiger partial charge is 0.322 e. The van der Waals surface area contributed by atoms with Crippen LogP contribution in [-0.4, -0.2) is 20.9 Å². The quantitative estimate of drug-likeness (QED) is 0.589. The minimum Gasteiger partial charge on any atom is -0.322 e. The topological polar surface area (TPSA) is 76.9 Å². The highest BCUT2D eigenvalue weighted by atomic mass is 32.1. The average Bonchev–Trinajstić information content (AvgIpc) is 3.12. The highest BCUT2D eigenvalue weighted by Gasteiger charge is 2.14. The van der Waals surface area contributed by atoms with Gasteiger partial charge in [-0.3, -0.25) is 9.59 Å². The number of rotatable bonds is 4. The van der Waals surface area contributed by atoms with Gasteiger partial charge in [0.2, 0.25) is 5.91 Å². The molecule has 1 amide bonds. The molecule has 2 aromatic heterocycles. The molecule has 6 nitrogen and oxygen atoms in total. The number of nitrogens with one attached hydrogen (secondary N) is 1. The summed E-state index contributed by atoms with van der Waals surface area (Å²) in [5.41, 5.74) is 0.609. The number of halogens is 1. The zero-order chi connectivity index (χ0) is 18.8. The molecule has 134 valence electrons. The van der Waals surface area contributed by atoms with Gasteiger partial charge in [0, 0.05) is 4.88 Å². The van der Waals surface area contributed by atoms with Gasteiger partial charge in [-0.2, -0.15) is 0 Å². The molecule has 0 aliphatic heterocycles. The second-order valence-corrected chi connectivity index (χ2v) is 6.81. The fourth-order valence-electron chi connectivity index (χ4n) is 2.62. The number of carbonyl (C=O) groups is 1. The molecule has 0 saturated carbocycles. The average molecular weight is 380 g/mol. The van der Waals surface area contributed by atoms with E-state index in [2.05, 4.69) is 15.6 Å². The number of thiophene rings is 1. The van der Waals surface area contributed by atoms with E-state index in [1.807, 2.05) is 30.3 Å². The summed E-state index contributed by atoms with van der Waals surface area (Å²) in [4.78, 5) is 26.2. The van der Waals surface area contributed by atoms with Gasteiger partial charge < -0.3 is 5.32 Å². The van der Waals surface area contributed by atoms with E-state index >= 15 is 0 Å². The van der Waals surface area contributed by atoms with Crippen LogP contribution in [0.1, 0.15) is 0 Å². The molecule has 0 spiro atoms. The molecule has 0 aliphatic rings. The van der Waals surface area contributed by atoms with E-state index in [-0.39, 0.29) is 12.2 Å². The normalized spacial score (nSPS) is 10.9. The van der Waals surface area contributed by atoms with E-state index < -0.39 is 17.3 Å². The number of anilines is 1. The van der Waals surface area contributed by atoms with Gasteiger partial charge in [-0.25, -0.2) is 9.07 Å². The van der Waals surface area contributed by atoms with Crippen LogP contribution in [0.5, 0.6) is 0 Å². The van der Waals surface area contributed by atoms with Crippen LogP contribution in [0.4, 0.5) is 10.1 Å². The lowest BCUT2D eigenvalue weighted by Crippen LogP contribution is -2.30. The summed E-state index contributed by atoms with van der Waals surface area (Å²) in [6.07, 6.45) is 0. The summed E-state index contributed by atoms with van der Waals surface area (Å²) in [5, 5.41) is 10.7. The maximum absolute atomic E-state index is 13.6. The van der Waals surface area contributed by atoms with Gasteiger partial charge in [-0.1, -0.05) is 47.7 Å². The third-order valence-electron chi connectivity index (χ3n) is 3.92. The number of fused-ring (bicyclic) bond motifs is 1. The molecule has 0 atom stereocenters. The van der Waals surface area contributed by atoms with Crippen molar-refractivity contribution < 1.29 is 9.18 Å². The minimum atomic E-state index is -0.561. The molecule has 8 heteroatoms. The van der Waals surface area contributed by atoms with Crippen molar-refractivity contribution in [3.8, 4) is 10.4 Å². The highest BCUT2D eigenvalue weighted by molar-refractivity contribution is 7.21. The number of amides is 1. The number of benzene rings is 2. The van der Waals surface area contributed by atoms with Gasteiger partial charge in [0.15, 0.2) is 4.83 Å². The lowest BCUT2D eigenvalue weighted by atomic mass is 10.2. The molecule has 0 saturated heterocycles. The van der Waals surface area contributed by atoms with Crippen molar-refractivity contribution in [1.82, 2.24) is 15.0 Å². The predicted octanol–water partition coefficient (Wildman–Crippen LogP) is 3.30. The number of para-hydroxylation sites is 1. The Balaban J connectivity index is 1.61. The Hall–Kier alpha value is -3.39. The number of aromatic nitrogens is 3. The van der Waals surface area contributed by atoms with Gasteiger partial charge in [0.1, 0.15) is 12.4 Å². The number of nitrogens with zero attached hydrogens (tertiary/aromatic N) is 3. The summed E-state index contributed by atoms with van der Waals surface area (Å²) in [7, 11) is 0. The van der Waals surface area contributed by atoms with E-state index in [1.165, 1.54) is 29.5 Å². The van der Waals surface area contributed by atoms with Crippen LogP contribution in [0.15, 0.2) is 65.5 Å². The van der Waals surface area contributed by atoms with E-state index in [4.69, 9.17) is 0 Å². The molecule has 4 rings (SSSR count). The summed E-state index contributed by atoms with van der Waals surface area (Å²) in [5.74, 6) is -1.11. The fraction of sp³-hybridized carbons (Fsp3) is 0.0526. The van der Waals surface area contributed by atoms with Crippen molar-refractivity contribution in [2.24, 2.45) is 0 Å². The monoisotopic (exact) mass is 380 g/mol. The maximum atomic E-state index is 13.6. The Morgan fingerprint density at radius 1 is 1.11 bits per heavy atom. The summed E-state index contributed by atoms with van der Waals surface area (Å²) >= 11 is 1.36. The Bertz CT molecular complexity index is 1190. The first kappa shape index (κ1) is 17.0. The number of hydrogen-bond donors (Lipinski definition) is 1.